The van der Waals surface area contributed by atoms with Crippen LogP contribution in [0.2, 0.25) is 5.02 Å². The molecule has 0 aliphatic rings. The Morgan fingerprint density at radius 2 is 2.03 bits per heavy atom. The fraction of sp³-hybridized carbons (Fsp3) is 0.143. The molecule has 0 radical (unpaired) electrons. The maximum absolute atomic E-state index is 12.2. The lowest BCUT2D eigenvalue weighted by molar-refractivity contribution is 0.249. The molecule has 0 aliphatic carbocycles. The summed E-state index contributed by atoms with van der Waals surface area (Å²) in [5.74, 6) is 0.941. The molecule has 0 bridgehead atoms. The number of urea groups is 1. The molecule has 0 spiro atoms. The first kappa shape index (κ1) is 20.9. The zero-order valence-corrected chi connectivity index (χ0v) is 16.9. The summed E-state index contributed by atoms with van der Waals surface area (Å²) in [6.07, 6.45) is 1.48. The van der Waals surface area contributed by atoms with E-state index in [0.717, 1.165) is 16.9 Å². The predicted molar refractivity (Wildman–Crippen MR) is 115 cm³/mol. The highest BCUT2D eigenvalue weighted by molar-refractivity contribution is 6.31. The molecule has 3 N–H and O–H groups in total. The largest absolute Gasteiger partial charge is 0.497 e. The molecular formula is C21H19ClN6O2. The summed E-state index contributed by atoms with van der Waals surface area (Å²) >= 11 is 6.18. The van der Waals surface area contributed by atoms with Crippen LogP contribution >= 0.6 is 11.6 Å². The number of halogens is 1. The molecule has 1 heterocycles. The average Bonchev–Trinajstić information content (AvgIpc) is 3.12. The van der Waals surface area contributed by atoms with Crippen molar-refractivity contribution in [1.82, 2.24) is 14.9 Å². The Kier molecular flexibility index (Phi) is 6.67. The Hall–Kier alpha value is -3.83. The van der Waals surface area contributed by atoms with Crippen molar-refractivity contribution < 1.29 is 9.53 Å². The summed E-state index contributed by atoms with van der Waals surface area (Å²) in [4.78, 5) is 20.1. The lowest BCUT2D eigenvalue weighted by Gasteiger charge is -2.07. The maximum Gasteiger partial charge on any atom is 0.342 e. The van der Waals surface area contributed by atoms with Gasteiger partial charge < -0.3 is 20.4 Å². The average molecular weight is 423 g/mol. The van der Waals surface area contributed by atoms with Gasteiger partial charge in [0.15, 0.2) is 5.71 Å². The number of rotatable bonds is 6. The van der Waals surface area contributed by atoms with Crippen LogP contribution in [-0.2, 0) is 13.1 Å². The smallest absolute Gasteiger partial charge is 0.342 e. The number of nitrogens with two attached hydrogens (primary N) is 1. The van der Waals surface area contributed by atoms with Crippen molar-refractivity contribution in [2.45, 2.75) is 13.1 Å². The number of anilines is 1. The summed E-state index contributed by atoms with van der Waals surface area (Å²) in [6.45, 7) is 0.627. The monoisotopic (exact) mass is 422 g/mol. The van der Waals surface area contributed by atoms with Gasteiger partial charge in [-0.25, -0.2) is 9.78 Å². The molecule has 3 aromatic rings. The zero-order chi connectivity index (χ0) is 21.5. The Bertz CT molecular complexity index is 1120. The lowest BCUT2D eigenvalue weighted by atomic mass is 10.2. The molecule has 0 saturated carbocycles. The fourth-order valence-corrected chi connectivity index (χ4v) is 2.90. The number of benzene rings is 2. The van der Waals surface area contributed by atoms with Crippen LogP contribution in [0.25, 0.3) is 0 Å². The van der Waals surface area contributed by atoms with Crippen molar-refractivity contribution in [1.29, 1.82) is 5.26 Å². The van der Waals surface area contributed by atoms with Crippen LogP contribution in [0, 0.1) is 11.3 Å². The van der Waals surface area contributed by atoms with E-state index in [-0.39, 0.29) is 23.8 Å². The summed E-state index contributed by atoms with van der Waals surface area (Å²) in [6, 6.07) is 15.8. The second kappa shape index (κ2) is 9.58. The number of nitrogen functional groups attached to an aromatic ring is 1. The number of aliphatic imine (C=N–C) groups is 1. The molecule has 3 rings (SSSR count). The van der Waals surface area contributed by atoms with Gasteiger partial charge in [0.25, 0.3) is 0 Å². The Labute approximate surface area is 178 Å². The first-order chi connectivity index (χ1) is 14.5. The van der Waals surface area contributed by atoms with E-state index < -0.39 is 6.03 Å². The predicted octanol–water partition coefficient (Wildman–Crippen LogP) is 3.40. The van der Waals surface area contributed by atoms with Gasteiger partial charge in [0.05, 0.1) is 20.0 Å². The third-order valence-electron chi connectivity index (χ3n) is 4.32. The minimum atomic E-state index is -0.664. The second-order valence-corrected chi connectivity index (χ2v) is 6.68. The summed E-state index contributed by atoms with van der Waals surface area (Å²) < 4.78 is 6.73. The molecule has 8 nitrogen and oxygen atoms in total. The molecule has 9 heteroatoms. The summed E-state index contributed by atoms with van der Waals surface area (Å²) in [5.41, 5.74) is 7.81. The first-order valence-corrected chi connectivity index (χ1v) is 9.33. The van der Waals surface area contributed by atoms with Crippen LogP contribution in [0.15, 0.2) is 59.9 Å². The SMILES string of the molecule is COc1ccc(CNC(=O)/N=C(\C#N)c2ncn(Cc3ccccc3Cl)c2N)cc1. The Balaban J connectivity index is 1.71. The van der Waals surface area contributed by atoms with E-state index in [0.29, 0.717) is 11.6 Å². The highest BCUT2D eigenvalue weighted by atomic mass is 35.5. The third kappa shape index (κ3) is 4.96. The third-order valence-corrected chi connectivity index (χ3v) is 4.69. The minimum Gasteiger partial charge on any atom is -0.497 e. The number of nitrogens with zero attached hydrogens (tertiary/aromatic N) is 4. The van der Waals surface area contributed by atoms with Crippen LogP contribution in [-0.4, -0.2) is 28.4 Å². The maximum atomic E-state index is 12.2. The Morgan fingerprint density at radius 1 is 1.30 bits per heavy atom. The second-order valence-electron chi connectivity index (χ2n) is 6.28. The van der Waals surface area contributed by atoms with Gasteiger partial charge in [-0.1, -0.05) is 41.9 Å². The van der Waals surface area contributed by atoms with Crippen LogP contribution in [0.3, 0.4) is 0 Å². The van der Waals surface area contributed by atoms with Crippen molar-refractivity contribution >= 4 is 29.2 Å². The van der Waals surface area contributed by atoms with Crippen LogP contribution in [0.1, 0.15) is 16.8 Å². The van der Waals surface area contributed by atoms with Gasteiger partial charge in [0, 0.05) is 11.6 Å². The van der Waals surface area contributed by atoms with Crippen molar-refractivity contribution in [2.75, 3.05) is 12.8 Å². The van der Waals surface area contributed by atoms with Gasteiger partial charge in [-0.15, -0.1) is 0 Å². The van der Waals surface area contributed by atoms with Crippen LogP contribution in [0.4, 0.5) is 10.6 Å². The number of amides is 2. The highest BCUT2D eigenvalue weighted by Gasteiger charge is 2.16. The topological polar surface area (TPSA) is 118 Å². The number of ether oxygens (including phenoxy) is 1. The van der Waals surface area contributed by atoms with Gasteiger partial charge in [-0.2, -0.15) is 10.3 Å². The van der Waals surface area contributed by atoms with Crippen LogP contribution < -0.4 is 15.8 Å². The number of aromatic nitrogens is 2. The van der Waals surface area contributed by atoms with E-state index in [1.807, 2.05) is 36.4 Å². The van der Waals surface area contributed by atoms with E-state index in [2.05, 4.69) is 15.3 Å². The van der Waals surface area contributed by atoms with Crippen molar-refractivity contribution in [3.8, 4) is 11.8 Å². The van der Waals surface area contributed by atoms with Gasteiger partial charge in [-0.05, 0) is 29.3 Å². The molecule has 0 atom stereocenters. The molecule has 0 saturated heterocycles. The fourth-order valence-electron chi connectivity index (χ4n) is 2.70. The lowest BCUT2D eigenvalue weighted by Crippen LogP contribution is -2.21. The normalized spacial score (nSPS) is 11.0. The van der Waals surface area contributed by atoms with Crippen molar-refractivity contribution in [3.63, 3.8) is 0 Å². The van der Waals surface area contributed by atoms with Gasteiger partial charge in [0.2, 0.25) is 0 Å². The van der Waals surface area contributed by atoms with Gasteiger partial charge in [-0.3, -0.25) is 0 Å². The molecule has 2 aromatic carbocycles. The summed E-state index contributed by atoms with van der Waals surface area (Å²) in [7, 11) is 1.58. The molecule has 30 heavy (non-hydrogen) atoms. The number of hydrogen-bond donors (Lipinski definition) is 2. The van der Waals surface area contributed by atoms with E-state index >= 15 is 0 Å². The number of hydrogen-bond acceptors (Lipinski definition) is 5. The number of carbonyl (C=O) groups is 1. The molecule has 0 aliphatic heterocycles. The van der Waals surface area contributed by atoms with E-state index in [1.165, 1.54) is 6.33 Å². The zero-order valence-electron chi connectivity index (χ0n) is 16.2. The molecule has 1 aromatic heterocycles. The number of methoxy groups -OCH3 is 1. The highest BCUT2D eigenvalue weighted by Crippen LogP contribution is 2.19. The minimum absolute atomic E-state index is 0.143. The van der Waals surface area contributed by atoms with Crippen molar-refractivity contribution in [3.05, 3.63) is 76.7 Å². The Morgan fingerprint density at radius 3 is 2.70 bits per heavy atom. The molecule has 0 fully saturated rings. The van der Waals surface area contributed by atoms with Crippen molar-refractivity contribution in [2.24, 2.45) is 4.99 Å². The molecule has 0 unspecified atom stereocenters. The number of nitrogens with one attached hydrogen (secondary N) is 1. The van der Waals surface area contributed by atoms with Gasteiger partial charge >= 0.3 is 6.03 Å². The van der Waals surface area contributed by atoms with Gasteiger partial charge in [0.1, 0.15) is 23.3 Å². The number of imidazole rings is 1. The van der Waals surface area contributed by atoms with Crippen LogP contribution in [0.5, 0.6) is 5.75 Å². The molecular weight excluding hydrogens is 404 g/mol. The molecule has 2 amide bonds. The number of nitriles is 1. The quantitative estimate of drug-likeness (QED) is 0.590. The first-order valence-electron chi connectivity index (χ1n) is 8.95. The van der Waals surface area contributed by atoms with E-state index in [4.69, 9.17) is 22.1 Å². The summed E-state index contributed by atoms with van der Waals surface area (Å²) in [5, 5.41) is 12.7. The van der Waals surface area contributed by atoms with E-state index in [1.54, 1.807) is 29.9 Å². The standard InChI is InChI=1S/C21H19ClN6O2/c1-30-16-8-6-14(7-9-16)11-25-21(29)27-18(10-23)19-20(24)28(13-26-19)12-15-4-2-3-5-17(15)22/h2-9,13H,11-12,24H2,1H3,(H,25,29)/b27-18+. The molecule has 152 valence electrons. The van der Waals surface area contributed by atoms with E-state index in [9.17, 15) is 10.1 Å². The number of carbonyl (C=O) groups excluding carboxylic acids is 1.